The lowest BCUT2D eigenvalue weighted by Gasteiger charge is -2.33. The highest BCUT2D eigenvalue weighted by atomic mass is 32.1. The first-order chi connectivity index (χ1) is 15.1. The van der Waals surface area contributed by atoms with Crippen molar-refractivity contribution in [3.63, 3.8) is 0 Å². The van der Waals surface area contributed by atoms with Crippen molar-refractivity contribution in [3.8, 4) is 11.3 Å². The van der Waals surface area contributed by atoms with Crippen molar-refractivity contribution < 1.29 is 0 Å². The Kier molecular flexibility index (Phi) is 6.73. The molecule has 0 aliphatic carbocycles. The molecule has 0 spiro atoms. The zero-order chi connectivity index (χ0) is 21.8. The van der Waals surface area contributed by atoms with E-state index in [1.807, 2.05) is 6.20 Å². The molecule has 1 aliphatic heterocycles. The van der Waals surface area contributed by atoms with Gasteiger partial charge in [0, 0.05) is 67.8 Å². The molecule has 0 unspecified atom stereocenters. The topological polar surface area (TPSA) is 47.5 Å². The first-order valence-corrected chi connectivity index (χ1v) is 11.9. The molecule has 4 rings (SSSR count). The number of nitrogens with one attached hydrogen (secondary N) is 1. The van der Waals surface area contributed by atoms with Crippen molar-refractivity contribution in [2.75, 3.05) is 61.4 Å². The summed E-state index contributed by atoms with van der Waals surface area (Å²) in [4.78, 5) is 16.6. The second-order valence-corrected chi connectivity index (χ2v) is 8.89. The van der Waals surface area contributed by atoms with E-state index in [2.05, 4.69) is 83.5 Å². The third-order valence-electron chi connectivity index (χ3n) is 5.96. The monoisotopic (exact) mass is 436 g/mol. The van der Waals surface area contributed by atoms with E-state index in [4.69, 9.17) is 9.97 Å². The number of benzene rings is 1. The van der Waals surface area contributed by atoms with Gasteiger partial charge in [-0.2, -0.15) is 0 Å². The minimum absolute atomic E-state index is 0.900. The van der Waals surface area contributed by atoms with E-state index in [1.54, 1.807) is 11.3 Å². The molecule has 31 heavy (non-hydrogen) atoms. The van der Waals surface area contributed by atoms with Crippen LogP contribution in [0.2, 0.25) is 0 Å². The van der Waals surface area contributed by atoms with Gasteiger partial charge in [0.15, 0.2) is 5.13 Å². The van der Waals surface area contributed by atoms with Crippen molar-refractivity contribution in [3.05, 3.63) is 47.5 Å². The van der Waals surface area contributed by atoms with Gasteiger partial charge < -0.3 is 20.0 Å². The van der Waals surface area contributed by atoms with E-state index in [0.29, 0.717) is 0 Å². The van der Waals surface area contributed by atoms with Gasteiger partial charge in [0.05, 0.1) is 5.69 Å². The largest absolute Gasteiger partial charge is 0.372 e. The standard InChI is InChI=1S/C24H32N6S/c1-5-29(6-2)20-8-9-21(18(3)15-20)26-24-27-22(17-31-24)19-7-10-23(25-16-19)30-13-11-28(4)12-14-30/h7-10,15-17H,5-6,11-14H2,1-4H3,(H,26,27). The molecule has 0 atom stereocenters. The van der Waals surface area contributed by atoms with Gasteiger partial charge in [0.2, 0.25) is 0 Å². The van der Waals surface area contributed by atoms with Crippen molar-refractivity contribution in [1.29, 1.82) is 0 Å². The average molecular weight is 437 g/mol. The van der Waals surface area contributed by atoms with Crippen molar-refractivity contribution in [1.82, 2.24) is 14.9 Å². The van der Waals surface area contributed by atoms with Crippen molar-refractivity contribution in [2.24, 2.45) is 0 Å². The van der Waals surface area contributed by atoms with Crippen LogP contribution in [0.5, 0.6) is 0 Å². The summed E-state index contributed by atoms with van der Waals surface area (Å²) in [5, 5.41) is 6.48. The predicted molar refractivity (Wildman–Crippen MR) is 133 cm³/mol. The summed E-state index contributed by atoms with van der Waals surface area (Å²) in [5.41, 5.74) is 5.59. The number of rotatable bonds is 7. The molecule has 0 amide bonds. The maximum atomic E-state index is 4.80. The van der Waals surface area contributed by atoms with Gasteiger partial charge in [-0.25, -0.2) is 9.97 Å². The van der Waals surface area contributed by atoms with Crippen LogP contribution in [0.1, 0.15) is 19.4 Å². The lowest BCUT2D eigenvalue weighted by atomic mass is 10.1. The zero-order valence-electron chi connectivity index (χ0n) is 18.9. The van der Waals surface area contributed by atoms with Gasteiger partial charge in [-0.1, -0.05) is 0 Å². The van der Waals surface area contributed by atoms with Crippen LogP contribution in [-0.4, -0.2) is 61.2 Å². The fourth-order valence-electron chi connectivity index (χ4n) is 3.91. The van der Waals surface area contributed by atoms with E-state index in [0.717, 1.165) is 67.2 Å². The Morgan fingerprint density at radius 2 is 1.84 bits per heavy atom. The van der Waals surface area contributed by atoms with E-state index in [9.17, 15) is 0 Å². The molecule has 1 aliphatic rings. The molecule has 0 saturated carbocycles. The Bertz CT molecular complexity index is 988. The van der Waals surface area contributed by atoms with Crippen LogP contribution in [0.25, 0.3) is 11.3 Å². The number of hydrogen-bond acceptors (Lipinski definition) is 7. The summed E-state index contributed by atoms with van der Waals surface area (Å²) in [6.07, 6.45) is 1.94. The molecule has 1 saturated heterocycles. The fraction of sp³-hybridized carbons (Fsp3) is 0.417. The van der Waals surface area contributed by atoms with Crippen LogP contribution in [0.3, 0.4) is 0 Å². The molecular weight excluding hydrogens is 404 g/mol. The number of aryl methyl sites for hydroxylation is 1. The third-order valence-corrected chi connectivity index (χ3v) is 6.71. The van der Waals surface area contributed by atoms with Gasteiger partial charge in [-0.05, 0) is 63.7 Å². The van der Waals surface area contributed by atoms with E-state index >= 15 is 0 Å². The smallest absolute Gasteiger partial charge is 0.187 e. The Balaban J connectivity index is 1.44. The summed E-state index contributed by atoms with van der Waals surface area (Å²) in [5.74, 6) is 1.05. The normalized spacial score (nSPS) is 14.6. The molecule has 3 aromatic rings. The van der Waals surface area contributed by atoms with Gasteiger partial charge in [0.25, 0.3) is 0 Å². The minimum Gasteiger partial charge on any atom is -0.372 e. The predicted octanol–water partition coefficient (Wildman–Crippen LogP) is 4.86. The lowest BCUT2D eigenvalue weighted by Crippen LogP contribution is -2.44. The number of thiazole rings is 1. The SMILES string of the molecule is CCN(CC)c1ccc(Nc2nc(-c3ccc(N4CCN(C)CC4)nc3)cs2)c(C)c1. The van der Waals surface area contributed by atoms with Gasteiger partial charge >= 0.3 is 0 Å². The maximum absolute atomic E-state index is 4.80. The highest BCUT2D eigenvalue weighted by Crippen LogP contribution is 2.30. The minimum atomic E-state index is 0.900. The Hall–Kier alpha value is -2.64. The van der Waals surface area contributed by atoms with Crippen LogP contribution < -0.4 is 15.1 Å². The molecule has 0 bridgehead atoms. The van der Waals surface area contributed by atoms with Gasteiger partial charge in [0.1, 0.15) is 5.82 Å². The number of hydrogen-bond donors (Lipinski definition) is 1. The molecule has 3 heterocycles. The molecule has 1 aromatic carbocycles. The Morgan fingerprint density at radius 3 is 2.48 bits per heavy atom. The Labute approximate surface area is 189 Å². The molecule has 164 valence electrons. The number of nitrogens with zero attached hydrogens (tertiary/aromatic N) is 5. The third kappa shape index (κ3) is 4.99. The average Bonchev–Trinajstić information content (AvgIpc) is 3.26. The summed E-state index contributed by atoms with van der Waals surface area (Å²) < 4.78 is 0. The molecule has 1 fully saturated rings. The number of pyridine rings is 1. The van der Waals surface area contributed by atoms with E-state index < -0.39 is 0 Å². The van der Waals surface area contributed by atoms with Crippen LogP contribution in [0, 0.1) is 6.92 Å². The quantitative estimate of drug-likeness (QED) is 0.571. The highest BCUT2D eigenvalue weighted by Gasteiger charge is 2.15. The first kappa shape index (κ1) is 21.6. The maximum Gasteiger partial charge on any atom is 0.187 e. The number of aromatic nitrogens is 2. The number of likely N-dealkylation sites (N-methyl/N-ethyl adjacent to an activating group) is 1. The summed E-state index contributed by atoms with van der Waals surface area (Å²) in [6.45, 7) is 12.8. The van der Waals surface area contributed by atoms with Gasteiger partial charge in [-0.3, -0.25) is 0 Å². The first-order valence-electron chi connectivity index (χ1n) is 11.1. The second-order valence-electron chi connectivity index (χ2n) is 8.03. The van der Waals surface area contributed by atoms with Crippen molar-refractivity contribution in [2.45, 2.75) is 20.8 Å². The number of anilines is 4. The molecule has 2 aromatic heterocycles. The fourth-order valence-corrected chi connectivity index (χ4v) is 4.64. The molecule has 7 heteroatoms. The molecule has 6 nitrogen and oxygen atoms in total. The molecular formula is C24H32N6S. The molecule has 1 N–H and O–H groups in total. The van der Waals surface area contributed by atoms with Crippen LogP contribution in [0.15, 0.2) is 41.9 Å². The van der Waals surface area contributed by atoms with Crippen molar-refractivity contribution >= 4 is 33.7 Å². The van der Waals surface area contributed by atoms with E-state index in [1.165, 1.54) is 11.3 Å². The van der Waals surface area contributed by atoms with Crippen LogP contribution in [0.4, 0.5) is 22.3 Å². The van der Waals surface area contributed by atoms with Crippen LogP contribution >= 0.6 is 11.3 Å². The zero-order valence-corrected chi connectivity index (χ0v) is 19.7. The van der Waals surface area contributed by atoms with Gasteiger partial charge in [-0.15, -0.1) is 11.3 Å². The Morgan fingerprint density at radius 1 is 1.06 bits per heavy atom. The number of piperazine rings is 1. The summed E-state index contributed by atoms with van der Waals surface area (Å²) in [7, 11) is 2.17. The lowest BCUT2D eigenvalue weighted by molar-refractivity contribution is 0.312. The molecule has 0 radical (unpaired) electrons. The highest BCUT2D eigenvalue weighted by molar-refractivity contribution is 7.14. The second kappa shape index (κ2) is 9.66. The summed E-state index contributed by atoms with van der Waals surface area (Å²) in [6, 6.07) is 10.8. The van der Waals surface area contributed by atoms with Crippen LogP contribution in [-0.2, 0) is 0 Å². The summed E-state index contributed by atoms with van der Waals surface area (Å²) >= 11 is 1.62. The van der Waals surface area contributed by atoms with E-state index in [-0.39, 0.29) is 0 Å².